The first-order valence-corrected chi connectivity index (χ1v) is 6.28. The van der Waals surface area contributed by atoms with E-state index in [0.29, 0.717) is 6.54 Å². The second-order valence-corrected chi connectivity index (χ2v) is 4.39. The van der Waals surface area contributed by atoms with Gasteiger partial charge < -0.3 is 15.8 Å². The molecule has 1 unspecified atom stereocenters. The summed E-state index contributed by atoms with van der Waals surface area (Å²) in [6, 6.07) is 12.3. The van der Waals surface area contributed by atoms with Gasteiger partial charge >= 0.3 is 0 Å². The Bertz CT molecular complexity index is 508. The third-order valence-corrected chi connectivity index (χ3v) is 3.05. The van der Waals surface area contributed by atoms with E-state index < -0.39 is 0 Å². The molecule has 0 radical (unpaired) electrons. The van der Waals surface area contributed by atoms with Crippen molar-refractivity contribution in [2.75, 3.05) is 12.4 Å². The van der Waals surface area contributed by atoms with Gasteiger partial charge in [-0.05, 0) is 30.2 Å². The van der Waals surface area contributed by atoms with Crippen LogP contribution in [0.1, 0.15) is 24.1 Å². The molecule has 2 rings (SSSR count). The molecule has 0 spiro atoms. The van der Waals surface area contributed by atoms with Gasteiger partial charge in [0, 0.05) is 12.6 Å². The van der Waals surface area contributed by atoms with Crippen LogP contribution < -0.4 is 15.8 Å². The average molecular weight is 257 g/mol. The Hall–Kier alpha value is -2.07. The Kier molecular flexibility index (Phi) is 4.36. The third-order valence-electron chi connectivity index (χ3n) is 3.05. The number of nitrogens with zero attached hydrogens (tertiary/aromatic N) is 1. The maximum absolute atomic E-state index is 5.59. The van der Waals surface area contributed by atoms with Gasteiger partial charge in [-0.3, -0.25) is 0 Å². The van der Waals surface area contributed by atoms with Crippen LogP contribution >= 0.6 is 0 Å². The van der Waals surface area contributed by atoms with E-state index in [9.17, 15) is 0 Å². The van der Waals surface area contributed by atoms with Crippen molar-refractivity contribution in [1.29, 1.82) is 0 Å². The normalized spacial score (nSPS) is 11.9. The zero-order valence-electron chi connectivity index (χ0n) is 11.3. The highest BCUT2D eigenvalue weighted by Gasteiger charge is 2.06. The molecule has 0 aliphatic rings. The van der Waals surface area contributed by atoms with Gasteiger partial charge in [0.2, 0.25) is 0 Å². The number of hydrogen-bond acceptors (Lipinski definition) is 4. The summed E-state index contributed by atoms with van der Waals surface area (Å²) in [5, 5.41) is 3.35. The number of aromatic nitrogens is 1. The molecule has 1 heterocycles. The number of anilines is 1. The van der Waals surface area contributed by atoms with Crippen LogP contribution in [0.15, 0.2) is 42.6 Å². The predicted octanol–water partition coefficient (Wildman–Crippen LogP) is 2.72. The topological polar surface area (TPSA) is 60.2 Å². The molecule has 1 aromatic carbocycles. The van der Waals surface area contributed by atoms with Gasteiger partial charge in [0.1, 0.15) is 11.6 Å². The van der Waals surface area contributed by atoms with Crippen LogP contribution in [0, 0.1) is 0 Å². The van der Waals surface area contributed by atoms with E-state index in [1.165, 1.54) is 5.56 Å². The SMILES string of the molecule is COc1ccc(NC(C)c2ccc(CN)cc2)nc1. The lowest BCUT2D eigenvalue weighted by atomic mass is 10.1. The molecule has 4 heteroatoms. The van der Waals surface area contributed by atoms with Gasteiger partial charge in [-0.1, -0.05) is 24.3 Å². The first-order chi connectivity index (χ1) is 9.22. The summed E-state index contributed by atoms with van der Waals surface area (Å²) in [7, 11) is 1.63. The largest absolute Gasteiger partial charge is 0.495 e. The second kappa shape index (κ2) is 6.20. The molecule has 0 saturated heterocycles. The number of rotatable bonds is 5. The smallest absolute Gasteiger partial charge is 0.137 e. The molecule has 2 aromatic rings. The monoisotopic (exact) mass is 257 g/mol. The first kappa shape index (κ1) is 13.4. The van der Waals surface area contributed by atoms with Crippen molar-refractivity contribution in [1.82, 2.24) is 4.98 Å². The molecular formula is C15H19N3O. The molecular weight excluding hydrogens is 238 g/mol. The molecule has 3 N–H and O–H groups in total. The predicted molar refractivity (Wildman–Crippen MR) is 77.2 cm³/mol. The molecule has 0 aliphatic carbocycles. The Balaban J connectivity index is 2.04. The lowest BCUT2D eigenvalue weighted by Gasteiger charge is -2.15. The number of hydrogen-bond donors (Lipinski definition) is 2. The van der Waals surface area contributed by atoms with Crippen LogP contribution in [0.4, 0.5) is 5.82 Å². The van der Waals surface area contributed by atoms with Crippen LogP contribution in [0.2, 0.25) is 0 Å². The van der Waals surface area contributed by atoms with E-state index in [4.69, 9.17) is 10.5 Å². The minimum Gasteiger partial charge on any atom is -0.495 e. The molecule has 4 nitrogen and oxygen atoms in total. The summed E-state index contributed by atoms with van der Waals surface area (Å²) in [6.45, 7) is 2.67. The van der Waals surface area contributed by atoms with E-state index in [1.54, 1.807) is 13.3 Å². The number of ether oxygens (including phenoxy) is 1. The molecule has 0 fully saturated rings. The molecule has 0 aliphatic heterocycles. The highest BCUT2D eigenvalue weighted by atomic mass is 16.5. The number of nitrogens with two attached hydrogens (primary N) is 1. The quantitative estimate of drug-likeness (QED) is 0.864. The number of methoxy groups -OCH3 is 1. The standard InChI is InChI=1S/C15H19N3O/c1-11(13-5-3-12(9-16)4-6-13)18-15-8-7-14(19-2)10-17-15/h3-8,10-11H,9,16H2,1-2H3,(H,17,18). The fourth-order valence-corrected chi connectivity index (χ4v) is 1.83. The van der Waals surface area contributed by atoms with Gasteiger partial charge in [-0.15, -0.1) is 0 Å². The first-order valence-electron chi connectivity index (χ1n) is 6.28. The number of nitrogens with one attached hydrogen (secondary N) is 1. The molecule has 100 valence electrons. The Morgan fingerprint density at radius 2 is 1.95 bits per heavy atom. The van der Waals surface area contributed by atoms with E-state index in [1.807, 2.05) is 12.1 Å². The zero-order chi connectivity index (χ0) is 13.7. The maximum atomic E-state index is 5.59. The van der Waals surface area contributed by atoms with E-state index in [-0.39, 0.29) is 6.04 Å². The average Bonchev–Trinajstić information content (AvgIpc) is 2.48. The van der Waals surface area contributed by atoms with Crippen molar-refractivity contribution in [2.45, 2.75) is 19.5 Å². The summed E-state index contributed by atoms with van der Waals surface area (Å²) in [4.78, 5) is 4.29. The third kappa shape index (κ3) is 3.45. The minimum absolute atomic E-state index is 0.188. The highest BCUT2D eigenvalue weighted by Crippen LogP contribution is 2.19. The minimum atomic E-state index is 0.188. The zero-order valence-corrected chi connectivity index (χ0v) is 11.3. The molecule has 0 saturated carbocycles. The van der Waals surface area contributed by atoms with Gasteiger partial charge in [0.05, 0.1) is 13.3 Å². The summed E-state index contributed by atoms with van der Waals surface area (Å²) in [5.74, 6) is 1.58. The Morgan fingerprint density at radius 1 is 1.21 bits per heavy atom. The van der Waals surface area contributed by atoms with Gasteiger partial charge in [-0.2, -0.15) is 0 Å². The Morgan fingerprint density at radius 3 is 2.47 bits per heavy atom. The van der Waals surface area contributed by atoms with Crippen molar-refractivity contribution in [3.63, 3.8) is 0 Å². The van der Waals surface area contributed by atoms with Crippen molar-refractivity contribution in [3.05, 3.63) is 53.7 Å². The maximum Gasteiger partial charge on any atom is 0.137 e. The summed E-state index contributed by atoms with van der Waals surface area (Å²) in [6.07, 6.45) is 1.70. The fourth-order valence-electron chi connectivity index (χ4n) is 1.83. The Labute approximate surface area is 113 Å². The molecule has 1 atom stereocenters. The van der Waals surface area contributed by atoms with Crippen molar-refractivity contribution < 1.29 is 4.74 Å². The molecule has 0 amide bonds. The lowest BCUT2D eigenvalue weighted by molar-refractivity contribution is 0.413. The van der Waals surface area contributed by atoms with E-state index >= 15 is 0 Å². The van der Waals surface area contributed by atoms with Gasteiger partial charge in [-0.25, -0.2) is 4.98 Å². The van der Waals surface area contributed by atoms with Crippen molar-refractivity contribution >= 4 is 5.82 Å². The molecule has 0 bridgehead atoms. The van der Waals surface area contributed by atoms with E-state index in [0.717, 1.165) is 17.1 Å². The molecule has 1 aromatic heterocycles. The van der Waals surface area contributed by atoms with Crippen LogP contribution in [0.5, 0.6) is 5.75 Å². The van der Waals surface area contributed by atoms with Crippen LogP contribution in [-0.2, 0) is 6.54 Å². The number of pyridine rings is 1. The summed E-state index contributed by atoms with van der Waals surface area (Å²) < 4.78 is 5.08. The van der Waals surface area contributed by atoms with Crippen molar-refractivity contribution in [2.24, 2.45) is 5.73 Å². The lowest BCUT2D eigenvalue weighted by Crippen LogP contribution is -2.08. The van der Waals surface area contributed by atoms with Gasteiger partial charge in [0.15, 0.2) is 0 Å². The highest BCUT2D eigenvalue weighted by molar-refractivity contribution is 5.40. The molecule has 19 heavy (non-hydrogen) atoms. The fraction of sp³-hybridized carbons (Fsp3) is 0.267. The van der Waals surface area contributed by atoms with Crippen LogP contribution in [-0.4, -0.2) is 12.1 Å². The number of benzene rings is 1. The summed E-state index contributed by atoms with van der Waals surface area (Å²) in [5.41, 5.74) is 7.93. The van der Waals surface area contributed by atoms with Gasteiger partial charge in [0.25, 0.3) is 0 Å². The summed E-state index contributed by atoms with van der Waals surface area (Å²) >= 11 is 0. The van der Waals surface area contributed by atoms with Crippen LogP contribution in [0.3, 0.4) is 0 Å². The van der Waals surface area contributed by atoms with Crippen molar-refractivity contribution in [3.8, 4) is 5.75 Å². The van der Waals surface area contributed by atoms with E-state index in [2.05, 4.69) is 41.5 Å². The second-order valence-electron chi connectivity index (χ2n) is 4.39. The van der Waals surface area contributed by atoms with Crippen LogP contribution in [0.25, 0.3) is 0 Å².